The number of morpholine rings is 1. The third-order valence-corrected chi connectivity index (χ3v) is 4.02. The van der Waals surface area contributed by atoms with Gasteiger partial charge in [-0.1, -0.05) is 0 Å². The normalized spacial score (nSPS) is 14.7. The van der Waals surface area contributed by atoms with Crippen LogP contribution in [0.25, 0.3) is 0 Å². The zero-order valence-electron chi connectivity index (χ0n) is 15.9. The molecule has 0 amide bonds. The third kappa shape index (κ3) is 5.38. The van der Waals surface area contributed by atoms with Crippen LogP contribution < -0.4 is 20.4 Å². The second-order valence-corrected chi connectivity index (χ2v) is 6.05. The number of rotatable bonds is 8. The van der Waals surface area contributed by atoms with Crippen molar-refractivity contribution in [3.8, 4) is 6.01 Å². The summed E-state index contributed by atoms with van der Waals surface area (Å²) in [5, 5.41) is 7.18. The van der Waals surface area contributed by atoms with Crippen LogP contribution in [-0.4, -0.2) is 67.7 Å². The number of aromatic nitrogens is 3. The number of nitrogens with one attached hydrogen (secondary N) is 2. The largest absolute Gasteiger partial charge is 0.462 e. The van der Waals surface area contributed by atoms with Crippen molar-refractivity contribution in [3.63, 3.8) is 0 Å². The molecule has 0 aliphatic carbocycles. The molecule has 0 spiro atoms. The SMILES string of the molecule is CNCCOc1nc(C=NNc2cc(C)c(C)o2)nc(N2CCOCC2)n1. The smallest absolute Gasteiger partial charge is 0.321 e. The van der Waals surface area contributed by atoms with Crippen molar-refractivity contribution in [3.05, 3.63) is 23.2 Å². The van der Waals surface area contributed by atoms with E-state index in [1.807, 2.05) is 31.9 Å². The van der Waals surface area contributed by atoms with Crippen LogP contribution >= 0.6 is 0 Å². The minimum Gasteiger partial charge on any atom is -0.462 e. The monoisotopic (exact) mass is 375 g/mol. The molecule has 10 heteroatoms. The number of nitrogens with zero attached hydrogens (tertiary/aromatic N) is 5. The van der Waals surface area contributed by atoms with Gasteiger partial charge in [0.05, 0.1) is 19.4 Å². The summed E-state index contributed by atoms with van der Waals surface area (Å²) in [5.74, 6) is 2.37. The number of hydrogen-bond acceptors (Lipinski definition) is 10. The molecule has 0 bridgehead atoms. The van der Waals surface area contributed by atoms with Crippen LogP contribution in [0.15, 0.2) is 15.6 Å². The second kappa shape index (κ2) is 9.28. The summed E-state index contributed by atoms with van der Waals surface area (Å²) in [4.78, 5) is 15.2. The highest BCUT2D eigenvalue weighted by Crippen LogP contribution is 2.18. The van der Waals surface area contributed by atoms with Gasteiger partial charge in [-0.3, -0.25) is 0 Å². The summed E-state index contributed by atoms with van der Waals surface area (Å²) in [6.07, 6.45) is 1.52. The lowest BCUT2D eigenvalue weighted by Gasteiger charge is -2.26. The van der Waals surface area contributed by atoms with Crippen molar-refractivity contribution in [2.24, 2.45) is 5.10 Å². The Morgan fingerprint density at radius 2 is 2.07 bits per heavy atom. The van der Waals surface area contributed by atoms with Crippen molar-refractivity contribution in [2.45, 2.75) is 13.8 Å². The number of furan rings is 1. The van der Waals surface area contributed by atoms with Crippen LogP contribution in [0.4, 0.5) is 11.8 Å². The molecule has 27 heavy (non-hydrogen) atoms. The molecule has 0 aromatic carbocycles. The van der Waals surface area contributed by atoms with Crippen molar-refractivity contribution < 1.29 is 13.9 Å². The van der Waals surface area contributed by atoms with Gasteiger partial charge in [0.1, 0.15) is 12.4 Å². The molecular weight excluding hydrogens is 350 g/mol. The maximum absolute atomic E-state index is 5.62. The fourth-order valence-electron chi connectivity index (χ4n) is 2.41. The zero-order chi connectivity index (χ0) is 19.1. The number of likely N-dealkylation sites (N-methyl/N-ethyl adjacent to an activating group) is 1. The lowest BCUT2D eigenvalue weighted by molar-refractivity contribution is 0.122. The number of hydrogen-bond donors (Lipinski definition) is 2. The van der Waals surface area contributed by atoms with Gasteiger partial charge in [-0.25, -0.2) is 5.43 Å². The molecule has 2 aromatic heterocycles. The highest BCUT2D eigenvalue weighted by molar-refractivity contribution is 5.75. The van der Waals surface area contributed by atoms with E-state index in [-0.39, 0.29) is 6.01 Å². The Labute approximate surface area is 158 Å². The average Bonchev–Trinajstić information content (AvgIpc) is 3.00. The summed E-state index contributed by atoms with van der Waals surface area (Å²) in [5.41, 5.74) is 3.90. The predicted molar refractivity (Wildman–Crippen MR) is 102 cm³/mol. The van der Waals surface area contributed by atoms with E-state index in [2.05, 4.69) is 30.8 Å². The van der Waals surface area contributed by atoms with Crippen LogP contribution in [-0.2, 0) is 4.74 Å². The van der Waals surface area contributed by atoms with E-state index in [4.69, 9.17) is 13.9 Å². The Hall–Kier alpha value is -2.72. The molecule has 146 valence electrons. The van der Waals surface area contributed by atoms with Crippen LogP contribution in [0, 0.1) is 13.8 Å². The summed E-state index contributed by atoms with van der Waals surface area (Å²) in [7, 11) is 1.86. The summed E-state index contributed by atoms with van der Waals surface area (Å²) >= 11 is 0. The maximum atomic E-state index is 5.62. The molecule has 3 rings (SSSR count). The van der Waals surface area contributed by atoms with E-state index in [0.29, 0.717) is 44.0 Å². The standard InChI is InChI=1S/C17H25N7O3/c1-12-10-15(27-13(12)2)23-19-11-14-20-16(24-5-8-25-9-6-24)22-17(21-14)26-7-4-18-3/h10-11,18,23H,4-9H2,1-3H3. The van der Waals surface area contributed by atoms with Gasteiger partial charge in [0.25, 0.3) is 0 Å². The van der Waals surface area contributed by atoms with E-state index < -0.39 is 0 Å². The van der Waals surface area contributed by atoms with Gasteiger partial charge >= 0.3 is 6.01 Å². The lowest BCUT2D eigenvalue weighted by atomic mass is 10.3. The molecule has 10 nitrogen and oxygen atoms in total. The van der Waals surface area contributed by atoms with E-state index in [0.717, 1.165) is 24.4 Å². The molecular formula is C17H25N7O3. The fraction of sp³-hybridized carbons (Fsp3) is 0.529. The van der Waals surface area contributed by atoms with Crippen LogP contribution in [0.5, 0.6) is 6.01 Å². The number of ether oxygens (including phenoxy) is 2. The predicted octanol–water partition coefficient (Wildman–Crippen LogP) is 0.962. The Balaban J connectivity index is 1.74. The van der Waals surface area contributed by atoms with E-state index >= 15 is 0 Å². The minimum atomic E-state index is 0.271. The van der Waals surface area contributed by atoms with E-state index in [1.165, 1.54) is 6.21 Å². The number of aryl methyl sites for hydroxylation is 2. The Bertz CT molecular complexity index is 752. The summed E-state index contributed by atoms with van der Waals surface area (Å²) in [6, 6.07) is 2.15. The van der Waals surface area contributed by atoms with Gasteiger partial charge in [0, 0.05) is 25.7 Å². The maximum Gasteiger partial charge on any atom is 0.321 e. The molecule has 1 fully saturated rings. The highest BCUT2D eigenvalue weighted by Gasteiger charge is 2.16. The first-order chi connectivity index (χ1) is 13.2. The Morgan fingerprint density at radius 3 is 2.78 bits per heavy atom. The van der Waals surface area contributed by atoms with E-state index in [9.17, 15) is 0 Å². The van der Waals surface area contributed by atoms with Crippen LogP contribution in [0.3, 0.4) is 0 Å². The van der Waals surface area contributed by atoms with Gasteiger partial charge in [-0.05, 0) is 26.5 Å². The molecule has 0 unspecified atom stereocenters. The third-order valence-electron chi connectivity index (χ3n) is 4.02. The first-order valence-corrected chi connectivity index (χ1v) is 8.88. The highest BCUT2D eigenvalue weighted by atomic mass is 16.5. The quantitative estimate of drug-likeness (QED) is 0.396. The Kier molecular flexibility index (Phi) is 6.55. The fourth-order valence-corrected chi connectivity index (χ4v) is 2.41. The first-order valence-electron chi connectivity index (χ1n) is 8.88. The summed E-state index contributed by atoms with van der Waals surface area (Å²) < 4.78 is 16.5. The molecule has 0 radical (unpaired) electrons. The van der Waals surface area contributed by atoms with Gasteiger partial charge in [0.15, 0.2) is 5.82 Å². The lowest BCUT2D eigenvalue weighted by Crippen LogP contribution is -2.37. The van der Waals surface area contributed by atoms with Crippen molar-refractivity contribution in [1.29, 1.82) is 0 Å². The van der Waals surface area contributed by atoms with Crippen molar-refractivity contribution in [1.82, 2.24) is 20.3 Å². The minimum absolute atomic E-state index is 0.271. The molecule has 2 N–H and O–H groups in total. The van der Waals surface area contributed by atoms with Gasteiger partial charge in [-0.15, -0.1) is 0 Å². The van der Waals surface area contributed by atoms with E-state index in [1.54, 1.807) is 0 Å². The van der Waals surface area contributed by atoms with Crippen molar-refractivity contribution >= 4 is 18.0 Å². The Morgan fingerprint density at radius 1 is 1.26 bits per heavy atom. The molecule has 3 heterocycles. The molecule has 1 aliphatic heterocycles. The number of hydrazone groups is 1. The van der Waals surface area contributed by atoms with Gasteiger partial charge in [0.2, 0.25) is 11.8 Å². The molecule has 0 atom stereocenters. The molecule has 0 saturated carbocycles. The molecule has 1 saturated heterocycles. The second-order valence-electron chi connectivity index (χ2n) is 6.05. The molecule has 2 aromatic rings. The zero-order valence-corrected chi connectivity index (χ0v) is 15.9. The summed E-state index contributed by atoms with van der Waals surface area (Å²) in [6.45, 7) is 7.76. The molecule has 1 aliphatic rings. The van der Waals surface area contributed by atoms with Gasteiger partial charge in [-0.2, -0.15) is 20.1 Å². The van der Waals surface area contributed by atoms with Crippen molar-refractivity contribution in [2.75, 3.05) is 56.8 Å². The number of anilines is 2. The van der Waals surface area contributed by atoms with Crippen LogP contribution in [0.2, 0.25) is 0 Å². The van der Waals surface area contributed by atoms with Crippen LogP contribution in [0.1, 0.15) is 17.1 Å². The topological polar surface area (TPSA) is 110 Å². The van der Waals surface area contributed by atoms with Gasteiger partial charge < -0.3 is 24.1 Å². The average molecular weight is 375 g/mol. The first kappa shape index (κ1) is 19.1.